The van der Waals surface area contributed by atoms with Gasteiger partial charge in [0, 0.05) is 5.41 Å². The number of hydrogen-bond donors (Lipinski definition) is 5. The minimum absolute atomic E-state index is 0.0550. The maximum absolute atomic E-state index is 13.7. The van der Waals surface area contributed by atoms with Gasteiger partial charge in [0.2, 0.25) is 6.29 Å². The molecule has 12 atom stereocenters. The lowest BCUT2D eigenvalue weighted by Crippen LogP contribution is -2.62. The van der Waals surface area contributed by atoms with Gasteiger partial charge in [-0.1, -0.05) is 19.9 Å². The van der Waals surface area contributed by atoms with E-state index < -0.39 is 54.8 Å². The molecule has 1 heterocycles. The minimum atomic E-state index is -1.61. The molecule has 2 bridgehead atoms. The maximum atomic E-state index is 13.7. The summed E-state index contributed by atoms with van der Waals surface area (Å²) in [7, 11) is 0. The van der Waals surface area contributed by atoms with Crippen LogP contribution in [0.4, 0.5) is 0 Å². The summed E-state index contributed by atoms with van der Waals surface area (Å²) in [5.41, 5.74) is -0.0868. The molecular formula is C26H40O8. The zero-order chi connectivity index (χ0) is 24.6. The van der Waals surface area contributed by atoms with Crippen molar-refractivity contribution in [2.45, 2.75) is 102 Å². The van der Waals surface area contributed by atoms with E-state index in [1.807, 2.05) is 6.92 Å². The van der Waals surface area contributed by atoms with Crippen molar-refractivity contribution in [1.29, 1.82) is 0 Å². The van der Waals surface area contributed by atoms with E-state index in [4.69, 9.17) is 9.47 Å². The first kappa shape index (κ1) is 24.7. The monoisotopic (exact) mass is 480 g/mol. The lowest BCUT2D eigenvalue weighted by molar-refractivity contribution is -0.298. The van der Waals surface area contributed by atoms with E-state index in [1.165, 1.54) is 0 Å². The Morgan fingerprint density at radius 3 is 2.47 bits per heavy atom. The first-order valence-corrected chi connectivity index (χ1v) is 12.9. The van der Waals surface area contributed by atoms with Crippen molar-refractivity contribution in [3.05, 3.63) is 12.2 Å². The molecule has 4 aliphatic carbocycles. The molecule has 8 heteroatoms. The number of fused-ring (bicyclic) bond motifs is 3. The highest BCUT2D eigenvalue weighted by atomic mass is 16.7. The molecular weight excluding hydrogens is 440 g/mol. The molecule has 5 N–H and O–H groups in total. The van der Waals surface area contributed by atoms with Crippen molar-refractivity contribution in [3.63, 3.8) is 0 Å². The first-order valence-electron chi connectivity index (χ1n) is 12.9. The van der Waals surface area contributed by atoms with E-state index in [-0.39, 0.29) is 16.7 Å². The molecule has 0 radical (unpaired) electrons. The fraction of sp³-hybridized carbons (Fsp3) is 0.885. The smallest absolute Gasteiger partial charge is 0.314 e. The Bertz CT molecular complexity index is 845. The molecule has 34 heavy (non-hydrogen) atoms. The average molecular weight is 481 g/mol. The highest BCUT2D eigenvalue weighted by molar-refractivity contribution is 5.77. The van der Waals surface area contributed by atoms with E-state index in [2.05, 4.69) is 13.5 Å². The van der Waals surface area contributed by atoms with E-state index in [0.717, 1.165) is 50.5 Å². The molecule has 1 aliphatic heterocycles. The van der Waals surface area contributed by atoms with E-state index >= 15 is 0 Å². The zero-order valence-corrected chi connectivity index (χ0v) is 20.2. The summed E-state index contributed by atoms with van der Waals surface area (Å²) in [6.07, 6.45) is -0.507. The molecule has 4 saturated carbocycles. The lowest BCUT2D eigenvalue weighted by Gasteiger charge is -2.64. The summed E-state index contributed by atoms with van der Waals surface area (Å²) < 4.78 is 11.1. The summed E-state index contributed by atoms with van der Waals surface area (Å²) in [4.78, 5) is 13.7. The van der Waals surface area contributed by atoms with Crippen LogP contribution in [0.15, 0.2) is 12.2 Å². The third-order valence-corrected chi connectivity index (χ3v) is 10.8. The Kier molecular flexibility index (Phi) is 5.98. The minimum Gasteiger partial charge on any atom is -0.432 e. The van der Waals surface area contributed by atoms with Crippen LogP contribution in [0.25, 0.3) is 0 Å². The molecule has 0 aromatic carbocycles. The Morgan fingerprint density at radius 2 is 1.76 bits per heavy atom. The quantitative estimate of drug-likeness (QED) is 0.301. The Labute approximate surface area is 201 Å². The molecule has 5 rings (SSSR count). The second-order valence-electron chi connectivity index (χ2n) is 12.2. The van der Waals surface area contributed by atoms with Crippen molar-refractivity contribution in [1.82, 2.24) is 0 Å². The van der Waals surface area contributed by atoms with Gasteiger partial charge in [-0.3, -0.25) is 4.79 Å². The summed E-state index contributed by atoms with van der Waals surface area (Å²) in [5.74, 6) is 0.287. The number of hydrogen-bond acceptors (Lipinski definition) is 8. The summed E-state index contributed by atoms with van der Waals surface area (Å²) in [5, 5.41) is 51.2. The van der Waals surface area contributed by atoms with E-state index in [0.29, 0.717) is 18.3 Å². The first-order chi connectivity index (χ1) is 16.0. The van der Waals surface area contributed by atoms with E-state index in [1.54, 1.807) is 0 Å². The number of carbonyl (C=O) groups excluding carboxylic acids is 1. The molecule has 5 aliphatic rings. The highest BCUT2D eigenvalue weighted by Gasteiger charge is 2.68. The molecule has 0 amide bonds. The highest BCUT2D eigenvalue weighted by Crippen LogP contribution is 2.72. The van der Waals surface area contributed by atoms with Crippen LogP contribution in [-0.2, 0) is 14.3 Å². The van der Waals surface area contributed by atoms with Crippen LogP contribution in [0, 0.1) is 34.0 Å². The van der Waals surface area contributed by atoms with Gasteiger partial charge < -0.3 is 35.0 Å². The fourth-order valence-electron chi connectivity index (χ4n) is 9.01. The van der Waals surface area contributed by atoms with Gasteiger partial charge in [0.25, 0.3) is 0 Å². The van der Waals surface area contributed by atoms with Gasteiger partial charge in [0.1, 0.15) is 24.4 Å². The lowest BCUT2D eigenvalue weighted by atomic mass is 9.40. The van der Waals surface area contributed by atoms with Crippen molar-refractivity contribution in [2.75, 3.05) is 6.61 Å². The van der Waals surface area contributed by atoms with Crippen LogP contribution in [0.5, 0.6) is 0 Å². The largest absolute Gasteiger partial charge is 0.432 e. The molecule has 192 valence electrons. The summed E-state index contributed by atoms with van der Waals surface area (Å²) in [6, 6.07) is 0. The molecule has 5 fully saturated rings. The molecule has 0 aromatic rings. The van der Waals surface area contributed by atoms with Gasteiger partial charge in [-0.15, -0.1) is 0 Å². The van der Waals surface area contributed by atoms with Crippen LogP contribution in [0.1, 0.15) is 65.2 Å². The molecule has 1 spiro atoms. The number of ether oxygens (including phenoxy) is 2. The zero-order valence-electron chi connectivity index (χ0n) is 20.2. The predicted molar refractivity (Wildman–Crippen MR) is 121 cm³/mol. The number of aliphatic hydroxyl groups is 5. The summed E-state index contributed by atoms with van der Waals surface area (Å²) in [6.45, 7) is 7.88. The predicted octanol–water partition coefficient (Wildman–Crippen LogP) is 1.27. The van der Waals surface area contributed by atoms with Gasteiger partial charge in [-0.25, -0.2) is 0 Å². The van der Waals surface area contributed by atoms with Crippen LogP contribution < -0.4 is 0 Å². The molecule has 0 unspecified atom stereocenters. The SMILES string of the molecule is C=C1[C@@H]2CC[C@H]3[C@]4(C)CCC[C@](C)(C(=O)O[C@@H]5O[C@H](CO)[C@@H](O)[C@H](O)[C@H]5O)[C@@H]4CC[C@]3(C2)[C@@H]1O. The third-order valence-electron chi connectivity index (χ3n) is 10.8. The Hall–Kier alpha value is -1.03. The molecule has 1 saturated heterocycles. The normalized spacial score (nSPS) is 54.8. The topological polar surface area (TPSA) is 137 Å². The van der Waals surface area contributed by atoms with Gasteiger partial charge in [0.05, 0.1) is 18.1 Å². The van der Waals surface area contributed by atoms with Crippen molar-refractivity contribution in [3.8, 4) is 0 Å². The van der Waals surface area contributed by atoms with Gasteiger partial charge in [0.15, 0.2) is 0 Å². The average Bonchev–Trinajstić information content (AvgIpc) is 2.98. The van der Waals surface area contributed by atoms with Crippen LogP contribution in [-0.4, -0.2) is 74.9 Å². The standard InChI is InChI=1S/C26H40O8/c1-13-14-5-6-17-24(2)8-4-9-25(3,16(24)7-10-26(17,11-14)21(13)31)23(32)34-22-20(30)19(29)18(28)15(12-27)33-22/h14-22,27-31H,1,4-12H2,2-3H3/t14-,15-,16-,17+,18-,19+,20-,21-,22+,24-,25+,26-/m1/s1. The Morgan fingerprint density at radius 1 is 1.03 bits per heavy atom. The fourth-order valence-corrected chi connectivity index (χ4v) is 9.01. The van der Waals surface area contributed by atoms with Crippen molar-refractivity contribution >= 4 is 5.97 Å². The van der Waals surface area contributed by atoms with Crippen molar-refractivity contribution < 1.29 is 39.8 Å². The third kappa shape index (κ3) is 3.22. The van der Waals surface area contributed by atoms with Gasteiger partial charge in [-0.05, 0) is 80.6 Å². The maximum Gasteiger partial charge on any atom is 0.314 e. The van der Waals surface area contributed by atoms with E-state index in [9.17, 15) is 30.3 Å². The second-order valence-corrected chi connectivity index (χ2v) is 12.2. The van der Waals surface area contributed by atoms with Gasteiger partial charge in [-0.2, -0.15) is 0 Å². The molecule has 8 nitrogen and oxygen atoms in total. The number of aliphatic hydroxyl groups excluding tert-OH is 5. The van der Waals surface area contributed by atoms with Crippen LogP contribution in [0.2, 0.25) is 0 Å². The van der Waals surface area contributed by atoms with Crippen LogP contribution >= 0.6 is 0 Å². The summed E-state index contributed by atoms with van der Waals surface area (Å²) >= 11 is 0. The number of rotatable bonds is 3. The molecule has 0 aromatic heterocycles. The number of esters is 1. The Balaban J connectivity index is 1.40. The van der Waals surface area contributed by atoms with Crippen molar-refractivity contribution in [2.24, 2.45) is 34.0 Å². The van der Waals surface area contributed by atoms with Gasteiger partial charge >= 0.3 is 5.97 Å². The number of carbonyl (C=O) groups is 1. The van der Waals surface area contributed by atoms with Crippen LogP contribution in [0.3, 0.4) is 0 Å². The second kappa shape index (κ2) is 8.25.